The zero-order valence-corrected chi connectivity index (χ0v) is 13.5. The van der Waals surface area contributed by atoms with E-state index in [9.17, 15) is 10.2 Å². The molecule has 22 heavy (non-hydrogen) atoms. The second-order valence-electron chi connectivity index (χ2n) is 6.91. The number of hydrogen-bond acceptors (Lipinski definition) is 4. The van der Waals surface area contributed by atoms with Crippen molar-refractivity contribution in [1.29, 1.82) is 0 Å². The van der Waals surface area contributed by atoms with E-state index < -0.39 is 0 Å². The van der Waals surface area contributed by atoms with Crippen LogP contribution in [0.3, 0.4) is 0 Å². The molecule has 0 aromatic heterocycles. The fourth-order valence-corrected chi connectivity index (χ4v) is 3.72. The number of benzene rings is 1. The molecule has 2 fully saturated rings. The molecule has 3 rings (SSSR count). The van der Waals surface area contributed by atoms with Gasteiger partial charge in [0.2, 0.25) is 0 Å². The zero-order valence-electron chi connectivity index (χ0n) is 13.5. The molecular formula is C18H28N2O2. The number of nitrogens with zero attached hydrogens (tertiary/aromatic N) is 2. The first-order valence-corrected chi connectivity index (χ1v) is 8.50. The van der Waals surface area contributed by atoms with E-state index in [1.165, 1.54) is 11.1 Å². The summed E-state index contributed by atoms with van der Waals surface area (Å²) in [5.74, 6) is 0. The highest BCUT2D eigenvalue weighted by Gasteiger charge is 2.33. The van der Waals surface area contributed by atoms with Crippen molar-refractivity contribution in [2.45, 2.75) is 51.0 Å². The van der Waals surface area contributed by atoms with Gasteiger partial charge in [-0.05, 0) is 31.7 Å². The average molecular weight is 304 g/mol. The summed E-state index contributed by atoms with van der Waals surface area (Å²) in [5, 5.41) is 20.2. The zero-order chi connectivity index (χ0) is 15.5. The second-order valence-corrected chi connectivity index (χ2v) is 6.91. The largest absolute Gasteiger partial charge is 0.393 e. The molecule has 0 radical (unpaired) electrons. The summed E-state index contributed by atoms with van der Waals surface area (Å²) in [7, 11) is 0. The lowest BCUT2D eigenvalue weighted by molar-refractivity contribution is -0.0355. The Bertz CT molecular complexity index is 468. The van der Waals surface area contributed by atoms with Gasteiger partial charge in [0.1, 0.15) is 0 Å². The van der Waals surface area contributed by atoms with Crippen LogP contribution >= 0.6 is 0 Å². The van der Waals surface area contributed by atoms with Gasteiger partial charge in [-0.3, -0.25) is 9.80 Å². The van der Waals surface area contributed by atoms with Gasteiger partial charge in [0.15, 0.2) is 0 Å². The first-order chi connectivity index (χ1) is 10.6. The van der Waals surface area contributed by atoms with Crippen molar-refractivity contribution >= 4 is 0 Å². The Morgan fingerprint density at radius 3 is 2.32 bits per heavy atom. The summed E-state index contributed by atoms with van der Waals surface area (Å²) in [6.45, 7) is 6.64. The molecule has 0 spiro atoms. The molecule has 0 unspecified atom stereocenters. The highest BCUT2D eigenvalue weighted by Crippen LogP contribution is 2.22. The number of aliphatic hydroxyl groups excluding tert-OH is 2. The van der Waals surface area contributed by atoms with E-state index in [4.69, 9.17) is 0 Å². The Morgan fingerprint density at radius 2 is 1.68 bits per heavy atom. The predicted octanol–water partition coefficient (Wildman–Crippen LogP) is 1.39. The number of hydrogen-bond donors (Lipinski definition) is 2. The predicted molar refractivity (Wildman–Crippen MR) is 87.7 cm³/mol. The van der Waals surface area contributed by atoms with Crippen LogP contribution in [-0.2, 0) is 6.54 Å². The number of β-amino-alcohol motifs (C(OH)–C–C–N with tert-alkyl or cyclic N) is 1. The van der Waals surface area contributed by atoms with Crippen molar-refractivity contribution < 1.29 is 10.2 Å². The van der Waals surface area contributed by atoms with Crippen molar-refractivity contribution in [3.8, 4) is 0 Å². The van der Waals surface area contributed by atoms with Gasteiger partial charge in [-0.2, -0.15) is 0 Å². The molecule has 2 aliphatic rings. The Labute approximate surface area is 133 Å². The maximum absolute atomic E-state index is 10.5. The van der Waals surface area contributed by atoms with Crippen LogP contribution in [-0.4, -0.2) is 64.4 Å². The molecule has 2 heterocycles. The first-order valence-electron chi connectivity index (χ1n) is 8.50. The molecule has 2 N–H and O–H groups in total. The van der Waals surface area contributed by atoms with E-state index >= 15 is 0 Å². The maximum atomic E-state index is 10.5. The van der Waals surface area contributed by atoms with Crippen LogP contribution in [0.5, 0.6) is 0 Å². The average Bonchev–Trinajstić information content (AvgIpc) is 2.51. The van der Waals surface area contributed by atoms with Crippen molar-refractivity contribution in [3.63, 3.8) is 0 Å². The van der Waals surface area contributed by atoms with E-state index in [1.54, 1.807) is 0 Å². The molecule has 4 nitrogen and oxygen atoms in total. The van der Waals surface area contributed by atoms with Gasteiger partial charge in [-0.15, -0.1) is 0 Å². The lowest BCUT2D eigenvalue weighted by atomic mass is 9.96. The summed E-state index contributed by atoms with van der Waals surface area (Å²) >= 11 is 0. The molecule has 2 saturated heterocycles. The first kappa shape index (κ1) is 15.9. The maximum Gasteiger partial charge on any atom is 0.0822 e. The van der Waals surface area contributed by atoms with Gasteiger partial charge >= 0.3 is 0 Å². The number of aryl methyl sites for hydroxylation is 1. The van der Waals surface area contributed by atoms with Crippen LogP contribution < -0.4 is 0 Å². The van der Waals surface area contributed by atoms with Gasteiger partial charge in [0.05, 0.1) is 12.2 Å². The van der Waals surface area contributed by atoms with E-state index in [0.717, 1.165) is 52.0 Å². The van der Waals surface area contributed by atoms with Gasteiger partial charge in [0.25, 0.3) is 0 Å². The topological polar surface area (TPSA) is 46.9 Å². The molecule has 0 aliphatic carbocycles. The van der Waals surface area contributed by atoms with Crippen LogP contribution in [0.25, 0.3) is 0 Å². The monoisotopic (exact) mass is 304 g/mol. The van der Waals surface area contributed by atoms with Crippen molar-refractivity contribution in [3.05, 3.63) is 35.4 Å². The van der Waals surface area contributed by atoms with Gasteiger partial charge in [-0.25, -0.2) is 0 Å². The molecule has 2 aliphatic heterocycles. The summed E-state index contributed by atoms with van der Waals surface area (Å²) in [5.41, 5.74) is 2.60. The lowest BCUT2D eigenvalue weighted by Crippen LogP contribution is -2.55. The third-order valence-corrected chi connectivity index (χ3v) is 5.13. The van der Waals surface area contributed by atoms with E-state index in [1.807, 2.05) is 0 Å². The minimum absolute atomic E-state index is 0.144. The Balaban J connectivity index is 1.52. The quantitative estimate of drug-likeness (QED) is 0.886. The molecule has 122 valence electrons. The summed E-state index contributed by atoms with van der Waals surface area (Å²) in [6, 6.07) is 8.93. The van der Waals surface area contributed by atoms with E-state index in [0.29, 0.717) is 0 Å². The second kappa shape index (κ2) is 7.09. The molecule has 0 bridgehead atoms. The van der Waals surface area contributed by atoms with Gasteiger partial charge in [0, 0.05) is 38.8 Å². The molecule has 1 aromatic carbocycles. The van der Waals surface area contributed by atoms with Gasteiger partial charge < -0.3 is 10.2 Å². The smallest absolute Gasteiger partial charge is 0.0822 e. The van der Waals surface area contributed by atoms with Crippen LogP contribution in [0.15, 0.2) is 24.3 Å². The minimum atomic E-state index is -0.283. The van der Waals surface area contributed by atoms with Crippen LogP contribution in [0, 0.1) is 6.92 Å². The number of piperidine rings is 2. The van der Waals surface area contributed by atoms with Crippen molar-refractivity contribution in [2.24, 2.45) is 0 Å². The Hall–Kier alpha value is -0.940. The Morgan fingerprint density at radius 1 is 1.00 bits per heavy atom. The number of likely N-dealkylation sites (tertiary alicyclic amines) is 2. The van der Waals surface area contributed by atoms with Gasteiger partial charge in [-0.1, -0.05) is 29.8 Å². The Kier molecular flexibility index (Phi) is 5.14. The molecule has 2 atom stereocenters. The normalized spacial score (nSPS) is 28.9. The standard InChI is InChI=1S/C18H28N2O2/c1-14-2-4-15(5-3-14)12-19-9-8-17(18(22)13-19)20-10-6-16(21)7-11-20/h2-5,16-18,21-22H,6-13H2,1H3/t17-,18-/m0/s1. The summed E-state index contributed by atoms with van der Waals surface area (Å²) in [4.78, 5) is 4.73. The molecular weight excluding hydrogens is 276 g/mol. The lowest BCUT2D eigenvalue weighted by Gasteiger charge is -2.43. The van der Waals surface area contributed by atoms with E-state index in [-0.39, 0.29) is 18.2 Å². The fourth-order valence-electron chi connectivity index (χ4n) is 3.72. The molecule has 4 heteroatoms. The number of rotatable bonds is 3. The molecule has 0 amide bonds. The highest BCUT2D eigenvalue weighted by molar-refractivity contribution is 5.21. The highest BCUT2D eigenvalue weighted by atomic mass is 16.3. The van der Waals surface area contributed by atoms with Crippen molar-refractivity contribution in [1.82, 2.24) is 9.80 Å². The van der Waals surface area contributed by atoms with Crippen LogP contribution in [0.2, 0.25) is 0 Å². The van der Waals surface area contributed by atoms with Crippen LogP contribution in [0.4, 0.5) is 0 Å². The summed E-state index contributed by atoms with van der Waals surface area (Å²) < 4.78 is 0. The summed E-state index contributed by atoms with van der Waals surface area (Å²) in [6.07, 6.45) is 2.28. The third-order valence-electron chi connectivity index (χ3n) is 5.13. The van der Waals surface area contributed by atoms with E-state index in [2.05, 4.69) is 41.0 Å². The fraction of sp³-hybridized carbons (Fsp3) is 0.667. The van der Waals surface area contributed by atoms with Crippen LogP contribution in [0.1, 0.15) is 30.4 Å². The minimum Gasteiger partial charge on any atom is -0.393 e. The SMILES string of the molecule is Cc1ccc(CN2CC[C@H](N3CCC(O)CC3)[C@@H](O)C2)cc1. The molecule has 1 aromatic rings. The van der Waals surface area contributed by atoms with Crippen molar-refractivity contribution in [2.75, 3.05) is 26.2 Å². The third kappa shape index (κ3) is 3.87. The number of aliphatic hydroxyl groups is 2. The molecule has 0 saturated carbocycles.